The van der Waals surface area contributed by atoms with Crippen LogP contribution in [0.25, 0.3) is 0 Å². The zero-order valence-corrected chi connectivity index (χ0v) is 21.8. The number of nitrogens with two attached hydrogens (primary N) is 2. The third kappa shape index (κ3) is 9.80. The number of allylic oxidation sites excluding steroid dienone is 1. The predicted molar refractivity (Wildman–Crippen MR) is 127 cm³/mol. The molecule has 0 heterocycles. The van der Waals surface area contributed by atoms with E-state index in [2.05, 4.69) is 4.99 Å². The van der Waals surface area contributed by atoms with Crippen LogP contribution in [0.1, 0.15) is 81.1 Å². The SMILES string of the molecule is CCCCC(C/C(N)=C/N=C(N)N(C(=O)OC(C)(C)C)C(=O)OC(C)(C)C)(C(C)=O)C(=O)OC. The highest BCUT2D eigenvalue weighted by atomic mass is 16.6. The lowest BCUT2D eigenvalue weighted by molar-refractivity contribution is -0.158. The van der Waals surface area contributed by atoms with Crippen LogP contribution < -0.4 is 11.5 Å². The monoisotopic (exact) mass is 484 g/mol. The summed E-state index contributed by atoms with van der Waals surface area (Å²) < 4.78 is 15.3. The minimum atomic E-state index is -1.48. The second-order valence-corrected chi connectivity index (χ2v) is 9.90. The number of ketones is 1. The van der Waals surface area contributed by atoms with Gasteiger partial charge in [0.25, 0.3) is 0 Å². The first kappa shape index (κ1) is 30.9. The van der Waals surface area contributed by atoms with Crippen molar-refractivity contribution in [2.24, 2.45) is 21.9 Å². The number of carbonyl (C=O) groups is 4. The molecule has 0 rings (SSSR count). The maximum absolute atomic E-state index is 12.6. The summed E-state index contributed by atoms with van der Waals surface area (Å²) in [6, 6.07) is 0. The molecule has 0 fully saturated rings. The lowest BCUT2D eigenvalue weighted by Crippen LogP contribution is -2.49. The van der Waals surface area contributed by atoms with E-state index in [1.807, 2.05) is 6.92 Å². The average Bonchev–Trinajstić information content (AvgIpc) is 2.65. The Morgan fingerprint density at radius 2 is 1.41 bits per heavy atom. The zero-order valence-electron chi connectivity index (χ0n) is 21.8. The highest BCUT2D eigenvalue weighted by molar-refractivity contribution is 6.07. The van der Waals surface area contributed by atoms with E-state index in [1.54, 1.807) is 41.5 Å². The number of imide groups is 1. The molecule has 0 saturated carbocycles. The normalized spacial score (nSPS) is 14.6. The molecule has 2 amide bonds. The highest BCUT2D eigenvalue weighted by Crippen LogP contribution is 2.34. The molecule has 0 aliphatic heterocycles. The Hall–Kier alpha value is -3.11. The van der Waals surface area contributed by atoms with Gasteiger partial charge >= 0.3 is 18.2 Å². The van der Waals surface area contributed by atoms with Crippen molar-refractivity contribution in [1.82, 2.24) is 4.90 Å². The summed E-state index contributed by atoms with van der Waals surface area (Å²) in [5, 5.41) is 0. The van der Waals surface area contributed by atoms with Crippen LogP contribution in [-0.2, 0) is 23.8 Å². The molecule has 0 bridgehead atoms. The molecule has 0 aromatic heterocycles. The highest BCUT2D eigenvalue weighted by Gasteiger charge is 2.44. The van der Waals surface area contributed by atoms with Crippen LogP contribution in [0.5, 0.6) is 0 Å². The number of carbonyl (C=O) groups excluding carboxylic acids is 4. The van der Waals surface area contributed by atoms with E-state index in [0.717, 1.165) is 12.6 Å². The maximum atomic E-state index is 12.6. The summed E-state index contributed by atoms with van der Waals surface area (Å²) in [7, 11) is 1.20. The van der Waals surface area contributed by atoms with Crippen molar-refractivity contribution in [2.45, 2.75) is 92.3 Å². The summed E-state index contributed by atoms with van der Waals surface area (Å²) in [4.78, 5) is 54.5. The number of aliphatic imine (C=N–C) groups is 1. The number of ether oxygens (including phenoxy) is 3. The van der Waals surface area contributed by atoms with Gasteiger partial charge in [0.15, 0.2) is 0 Å². The molecule has 0 saturated heterocycles. The quantitative estimate of drug-likeness (QED) is 0.172. The number of Topliss-reactive ketones (excluding diaryl/α,β-unsaturated/α-hetero) is 1. The lowest BCUT2D eigenvalue weighted by atomic mass is 9.75. The van der Waals surface area contributed by atoms with Gasteiger partial charge in [-0.25, -0.2) is 14.6 Å². The van der Waals surface area contributed by atoms with Gasteiger partial charge < -0.3 is 25.7 Å². The smallest absolute Gasteiger partial charge is 0.427 e. The van der Waals surface area contributed by atoms with E-state index in [0.29, 0.717) is 11.3 Å². The Morgan fingerprint density at radius 1 is 0.941 bits per heavy atom. The zero-order chi connectivity index (χ0) is 26.9. The van der Waals surface area contributed by atoms with Crippen molar-refractivity contribution < 1.29 is 33.4 Å². The summed E-state index contributed by atoms with van der Waals surface area (Å²) in [5.74, 6) is -1.66. The van der Waals surface area contributed by atoms with Gasteiger partial charge in [0.1, 0.15) is 22.4 Å². The van der Waals surface area contributed by atoms with Crippen LogP contribution in [0.4, 0.5) is 9.59 Å². The van der Waals surface area contributed by atoms with Gasteiger partial charge in [-0.05, 0) is 54.9 Å². The van der Waals surface area contributed by atoms with Gasteiger partial charge in [-0.15, -0.1) is 4.90 Å². The van der Waals surface area contributed by atoms with Crippen LogP contribution in [0, 0.1) is 5.41 Å². The number of methoxy groups -OCH3 is 1. The summed E-state index contributed by atoms with van der Waals surface area (Å²) in [6.07, 6.45) is 0.297. The summed E-state index contributed by atoms with van der Waals surface area (Å²) in [6.45, 7) is 12.9. The van der Waals surface area contributed by atoms with E-state index in [-0.39, 0.29) is 18.5 Å². The number of esters is 1. The fraction of sp³-hybridized carbons (Fsp3) is 0.696. The van der Waals surface area contributed by atoms with Crippen LogP contribution in [-0.4, -0.2) is 53.1 Å². The standard InChI is InChI=1S/C23H40N4O7/c1-10-11-12-23(15(2)28,17(29)32-9)13-16(24)14-26-18(25)27(19(30)33-21(3,4)5)20(31)34-22(6,7)8/h14H,10-13,24H2,1-9H3,(H2,25,26)/b16-14-. The molecule has 0 aliphatic rings. The Morgan fingerprint density at radius 3 is 1.76 bits per heavy atom. The molecule has 34 heavy (non-hydrogen) atoms. The van der Waals surface area contributed by atoms with Gasteiger partial charge in [0.2, 0.25) is 5.96 Å². The predicted octanol–water partition coefficient (Wildman–Crippen LogP) is 3.60. The molecule has 0 aliphatic carbocycles. The average molecular weight is 485 g/mol. The van der Waals surface area contributed by atoms with Crippen molar-refractivity contribution in [1.29, 1.82) is 0 Å². The first-order chi connectivity index (χ1) is 15.4. The first-order valence-corrected chi connectivity index (χ1v) is 11.0. The molecule has 11 heteroatoms. The molecule has 1 unspecified atom stereocenters. The Labute approximate surface area is 201 Å². The first-order valence-electron chi connectivity index (χ1n) is 11.0. The number of guanidine groups is 1. The second kappa shape index (κ2) is 12.4. The molecule has 194 valence electrons. The van der Waals surface area contributed by atoms with E-state index in [4.69, 9.17) is 25.7 Å². The molecular weight excluding hydrogens is 444 g/mol. The Bertz CT molecular complexity index is 794. The largest absolute Gasteiger partial charge is 0.468 e. The van der Waals surface area contributed by atoms with Crippen LogP contribution in [0.2, 0.25) is 0 Å². The van der Waals surface area contributed by atoms with Crippen LogP contribution >= 0.6 is 0 Å². The minimum absolute atomic E-state index is 0.0213. The van der Waals surface area contributed by atoms with E-state index < -0.39 is 46.5 Å². The van der Waals surface area contributed by atoms with Crippen molar-refractivity contribution in [3.8, 4) is 0 Å². The molecule has 1 atom stereocenters. The van der Waals surface area contributed by atoms with Gasteiger partial charge in [-0.3, -0.25) is 9.59 Å². The van der Waals surface area contributed by atoms with Crippen LogP contribution in [0.15, 0.2) is 16.9 Å². The van der Waals surface area contributed by atoms with Crippen LogP contribution in [0.3, 0.4) is 0 Å². The minimum Gasteiger partial charge on any atom is -0.468 e. The number of unbranched alkanes of at least 4 members (excludes halogenated alkanes) is 1. The molecule has 0 aromatic carbocycles. The second-order valence-electron chi connectivity index (χ2n) is 9.90. The van der Waals surface area contributed by atoms with Crippen molar-refractivity contribution in [2.75, 3.05) is 7.11 Å². The number of hydrogen-bond donors (Lipinski definition) is 2. The molecule has 0 radical (unpaired) electrons. The summed E-state index contributed by atoms with van der Waals surface area (Å²) >= 11 is 0. The lowest BCUT2D eigenvalue weighted by Gasteiger charge is -2.28. The van der Waals surface area contributed by atoms with Gasteiger partial charge in [-0.2, -0.15) is 0 Å². The maximum Gasteiger partial charge on any atom is 0.427 e. The van der Waals surface area contributed by atoms with Crippen molar-refractivity contribution >= 4 is 29.9 Å². The molecule has 0 aromatic rings. The van der Waals surface area contributed by atoms with E-state index in [1.165, 1.54) is 14.0 Å². The number of amides is 2. The van der Waals surface area contributed by atoms with Gasteiger partial charge in [0, 0.05) is 18.3 Å². The third-order valence-corrected chi connectivity index (χ3v) is 4.46. The number of nitrogens with zero attached hydrogens (tertiary/aromatic N) is 2. The van der Waals surface area contributed by atoms with Crippen molar-refractivity contribution in [3.05, 3.63) is 11.9 Å². The molecular formula is C23H40N4O7. The Kier molecular flexibility index (Phi) is 11.2. The molecule has 0 spiro atoms. The van der Waals surface area contributed by atoms with Crippen molar-refractivity contribution in [3.63, 3.8) is 0 Å². The topological polar surface area (TPSA) is 164 Å². The third-order valence-electron chi connectivity index (χ3n) is 4.46. The fourth-order valence-corrected chi connectivity index (χ4v) is 2.86. The number of hydrogen-bond acceptors (Lipinski definition) is 9. The summed E-state index contributed by atoms with van der Waals surface area (Å²) in [5.41, 5.74) is 8.66. The Balaban J connectivity index is 6.14. The molecule has 4 N–H and O–H groups in total. The molecule has 11 nitrogen and oxygen atoms in total. The van der Waals surface area contributed by atoms with Gasteiger partial charge in [0.05, 0.1) is 7.11 Å². The van der Waals surface area contributed by atoms with E-state index >= 15 is 0 Å². The number of rotatable bonds is 8. The van der Waals surface area contributed by atoms with Gasteiger partial charge in [-0.1, -0.05) is 19.8 Å². The fourth-order valence-electron chi connectivity index (χ4n) is 2.86. The van der Waals surface area contributed by atoms with E-state index in [9.17, 15) is 19.2 Å².